The largest absolute Gasteiger partial charge is 0.504 e. The number of hydrogen-bond donors (Lipinski definition) is 3. The molecular formula is C19H21N5O3. The van der Waals surface area contributed by atoms with Gasteiger partial charge in [0.15, 0.2) is 17.3 Å². The van der Waals surface area contributed by atoms with E-state index in [-0.39, 0.29) is 11.7 Å². The Labute approximate surface area is 156 Å². The highest BCUT2D eigenvalue weighted by Crippen LogP contribution is 2.29. The molecule has 1 amide bonds. The number of phenols is 1. The highest BCUT2D eigenvalue weighted by atomic mass is 16.5. The monoisotopic (exact) mass is 367 g/mol. The van der Waals surface area contributed by atoms with Gasteiger partial charge in [0.2, 0.25) is 5.91 Å². The molecule has 3 aromatic rings. The van der Waals surface area contributed by atoms with Crippen molar-refractivity contribution in [2.45, 2.75) is 26.2 Å². The number of aromatic nitrogens is 4. The fourth-order valence-corrected chi connectivity index (χ4v) is 2.75. The summed E-state index contributed by atoms with van der Waals surface area (Å²) in [6.45, 7) is 4.01. The van der Waals surface area contributed by atoms with Crippen molar-refractivity contribution in [3.8, 4) is 11.5 Å². The van der Waals surface area contributed by atoms with Crippen LogP contribution in [-0.4, -0.2) is 38.7 Å². The van der Waals surface area contributed by atoms with Crippen LogP contribution in [0.2, 0.25) is 0 Å². The molecule has 0 radical (unpaired) electrons. The number of methoxy groups -OCH3 is 1. The van der Waals surface area contributed by atoms with Crippen molar-refractivity contribution in [3.05, 3.63) is 58.9 Å². The van der Waals surface area contributed by atoms with Gasteiger partial charge in [-0.25, -0.2) is 0 Å². The van der Waals surface area contributed by atoms with Crippen LogP contribution < -0.4 is 10.1 Å². The van der Waals surface area contributed by atoms with Crippen LogP contribution in [0.15, 0.2) is 36.4 Å². The van der Waals surface area contributed by atoms with Gasteiger partial charge >= 0.3 is 0 Å². The minimum absolute atomic E-state index is 0.0388. The van der Waals surface area contributed by atoms with Gasteiger partial charge < -0.3 is 15.2 Å². The summed E-state index contributed by atoms with van der Waals surface area (Å²) in [5, 5.41) is 26.6. The number of H-pyrrole nitrogens is 1. The Morgan fingerprint density at radius 1 is 1.22 bits per heavy atom. The number of anilines is 1. The summed E-state index contributed by atoms with van der Waals surface area (Å²) in [5.74, 6) is -0.222. The second kappa shape index (κ2) is 7.86. The molecule has 0 saturated carbocycles. The number of carbonyl (C=O) groups is 1. The van der Waals surface area contributed by atoms with E-state index in [2.05, 4.69) is 25.9 Å². The maximum absolute atomic E-state index is 12.9. The number of hydrogen-bond acceptors (Lipinski definition) is 6. The molecule has 0 aliphatic carbocycles. The number of benzene rings is 2. The number of nitrogens with zero attached hydrogens (tertiary/aromatic N) is 3. The SMILES string of the molecule is COc1cc(C[C@@H](C(=O)Nc2ccc(C)c(C)c2)c2nn[nH]n2)ccc1O. The number of aromatic hydroxyl groups is 1. The average Bonchev–Trinajstić information content (AvgIpc) is 3.18. The van der Waals surface area contributed by atoms with E-state index in [1.807, 2.05) is 32.0 Å². The predicted molar refractivity (Wildman–Crippen MR) is 99.8 cm³/mol. The lowest BCUT2D eigenvalue weighted by Gasteiger charge is -2.15. The van der Waals surface area contributed by atoms with Gasteiger partial charge in [-0.15, -0.1) is 10.2 Å². The Kier molecular flexibility index (Phi) is 5.35. The Morgan fingerprint density at radius 2 is 2.04 bits per heavy atom. The second-order valence-corrected chi connectivity index (χ2v) is 6.32. The Morgan fingerprint density at radius 3 is 2.70 bits per heavy atom. The van der Waals surface area contributed by atoms with Crippen molar-refractivity contribution in [3.63, 3.8) is 0 Å². The number of aryl methyl sites for hydroxylation is 2. The van der Waals surface area contributed by atoms with Gasteiger partial charge in [0, 0.05) is 5.69 Å². The molecule has 0 bridgehead atoms. The third-order valence-corrected chi connectivity index (χ3v) is 4.45. The lowest BCUT2D eigenvalue weighted by atomic mass is 9.97. The van der Waals surface area contributed by atoms with Gasteiger partial charge in [-0.3, -0.25) is 4.79 Å². The van der Waals surface area contributed by atoms with Gasteiger partial charge in [0.1, 0.15) is 5.92 Å². The lowest BCUT2D eigenvalue weighted by Crippen LogP contribution is -2.24. The predicted octanol–water partition coefficient (Wildman–Crippen LogP) is 2.50. The first-order valence-electron chi connectivity index (χ1n) is 8.45. The number of tetrazole rings is 1. The van der Waals surface area contributed by atoms with Crippen LogP contribution in [0.25, 0.3) is 0 Å². The van der Waals surface area contributed by atoms with Gasteiger partial charge in [-0.2, -0.15) is 5.21 Å². The van der Waals surface area contributed by atoms with E-state index in [0.29, 0.717) is 23.7 Å². The van der Waals surface area contributed by atoms with E-state index in [0.717, 1.165) is 16.7 Å². The Bertz CT molecular complexity index is 941. The average molecular weight is 367 g/mol. The minimum Gasteiger partial charge on any atom is -0.504 e. The fourth-order valence-electron chi connectivity index (χ4n) is 2.75. The van der Waals surface area contributed by atoms with Gasteiger partial charge in [-0.05, 0) is 61.2 Å². The van der Waals surface area contributed by atoms with E-state index in [9.17, 15) is 9.90 Å². The van der Waals surface area contributed by atoms with Crippen molar-refractivity contribution in [2.75, 3.05) is 12.4 Å². The molecule has 0 aliphatic rings. The highest BCUT2D eigenvalue weighted by Gasteiger charge is 2.26. The van der Waals surface area contributed by atoms with Crippen molar-refractivity contribution in [1.29, 1.82) is 0 Å². The normalized spacial score (nSPS) is 11.8. The lowest BCUT2D eigenvalue weighted by molar-refractivity contribution is -0.117. The summed E-state index contributed by atoms with van der Waals surface area (Å²) in [4.78, 5) is 12.9. The van der Waals surface area contributed by atoms with Gasteiger partial charge in [0.05, 0.1) is 7.11 Å². The summed E-state index contributed by atoms with van der Waals surface area (Å²) < 4.78 is 5.14. The van der Waals surface area contributed by atoms with Gasteiger partial charge in [0.25, 0.3) is 0 Å². The zero-order valence-corrected chi connectivity index (χ0v) is 15.4. The molecule has 1 aromatic heterocycles. The van der Waals surface area contributed by atoms with Crippen LogP contribution in [0, 0.1) is 13.8 Å². The van der Waals surface area contributed by atoms with Crippen molar-refractivity contribution >= 4 is 11.6 Å². The molecule has 0 saturated heterocycles. The van der Waals surface area contributed by atoms with Gasteiger partial charge in [-0.1, -0.05) is 17.3 Å². The molecule has 3 rings (SSSR count). The molecule has 2 aromatic carbocycles. The number of rotatable bonds is 6. The molecule has 1 atom stereocenters. The number of ether oxygens (including phenoxy) is 1. The van der Waals surface area contributed by atoms with Crippen molar-refractivity contribution in [1.82, 2.24) is 20.6 Å². The van der Waals surface area contributed by atoms with Crippen molar-refractivity contribution in [2.24, 2.45) is 0 Å². The number of aromatic amines is 1. The molecule has 0 fully saturated rings. The van der Waals surface area contributed by atoms with Crippen LogP contribution in [0.4, 0.5) is 5.69 Å². The zero-order chi connectivity index (χ0) is 19.4. The van der Waals surface area contributed by atoms with E-state index < -0.39 is 5.92 Å². The second-order valence-electron chi connectivity index (χ2n) is 6.32. The highest BCUT2D eigenvalue weighted by molar-refractivity contribution is 5.95. The van der Waals surface area contributed by atoms with Crippen molar-refractivity contribution < 1.29 is 14.6 Å². The number of amides is 1. The zero-order valence-electron chi connectivity index (χ0n) is 15.4. The number of nitrogens with one attached hydrogen (secondary N) is 2. The smallest absolute Gasteiger partial charge is 0.235 e. The van der Waals surface area contributed by atoms with E-state index in [1.54, 1.807) is 12.1 Å². The molecule has 8 heteroatoms. The molecule has 140 valence electrons. The third-order valence-electron chi connectivity index (χ3n) is 4.45. The topological polar surface area (TPSA) is 113 Å². The molecule has 0 aliphatic heterocycles. The van der Waals surface area contributed by atoms with E-state index >= 15 is 0 Å². The molecule has 0 spiro atoms. The van der Waals surface area contributed by atoms with Crippen LogP contribution in [0.5, 0.6) is 11.5 Å². The molecule has 0 unspecified atom stereocenters. The van der Waals surface area contributed by atoms with Crippen LogP contribution in [0.1, 0.15) is 28.4 Å². The fraction of sp³-hybridized carbons (Fsp3) is 0.263. The van der Waals surface area contributed by atoms with E-state index in [1.165, 1.54) is 13.2 Å². The van der Waals surface area contributed by atoms with Crippen LogP contribution >= 0.6 is 0 Å². The molecular weight excluding hydrogens is 346 g/mol. The maximum Gasteiger partial charge on any atom is 0.235 e. The Hall–Kier alpha value is -3.42. The first-order chi connectivity index (χ1) is 13.0. The number of carbonyl (C=O) groups excluding carboxylic acids is 1. The summed E-state index contributed by atoms with van der Waals surface area (Å²) in [6, 6.07) is 10.7. The molecule has 8 nitrogen and oxygen atoms in total. The molecule has 3 N–H and O–H groups in total. The quantitative estimate of drug-likeness (QED) is 0.617. The first-order valence-corrected chi connectivity index (χ1v) is 8.45. The standard InChI is InChI=1S/C19H21N5O3/c1-11-4-6-14(8-12(11)2)20-19(26)15(18-21-23-24-22-18)9-13-5-7-16(25)17(10-13)27-3/h4-8,10,15,25H,9H2,1-3H3,(H,20,26)(H,21,22,23,24)/t15-/m1/s1. The molecule has 1 heterocycles. The maximum atomic E-state index is 12.9. The Balaban J connectivity index is 1.85. The molecule has 27 heavy (non-hydrogen) atoms. The summed E-state index contributed by atoms with van der Waals surface area (Å²) in [5.41, 5.74) is 3.75. The summed E-state index contributed by atoms with van der Waals surface area (Å²) in [7, 11) is 1.47. The minimum atomic E-state index is -0.653. The van der Waals surface area contributed by atoms with E-state index in [4.69, 9.17) is 4.74 Å². The number of phenolic OH excluding ortho intramolecular Hbond substituents is 1. The summed E-state index contributed by atoms with van der Waals surface area (Å²) in [6.07, 6.45) is 0.326. The van der Waals surface area contributed by atoms with Crippen LogP contribution in [-0.2, 0) is 11.2 Å². The summed E-state index contributed by atoms with van der Waals surface area (Å²) >= 11 is 0. The first kappa shape index (κ1) is 18.4. The van der Waals surface area contributed by atoms with Crippen LogP contribution in [0.3, 0.4) is 0 Å². The third kappa shape index (κ3) is 4.22.